The van der Waals surface area contributed by atoms with Crippen LogP contribution < -0.4 is 0 Å². The van der Waals surface area contributed by atoms with E-state index in [-0.39, 0.29) is 0 Å². The van der Waals surface area contributed by atoms with E-state index in [4.69, 9.17) is 19.4 Å². The highest BCUT2D eigenvalue weighted by Gasteiger charge is 2.20. The maximum atomic E-state index is 6.70. The van der Waals surface area contributed by atoms with Crippen LogP contribution in [-0.2, 0) is 0 Å². The lowest BCUT2D eigenvalue weighted by molar-refractivity contribution is 0.670. The minimum Gasteiger partial charge on any atom is -0.455 e. The van der Waals surface area contributed by atoms with E-state index in [0.29, 0.717) is 17.5 Å². The quantitative estimate of drug-likeness (QED) is 0.171. The van der Waals surface area contributed by atoms with Crippen LogP contribution in [-0.4, -0.2) is 15.0 Å². The molecular formula is C53H33N3O. The summed E-state index contributed by atoms with van der Waals surface area (Å²) in [4.78, 5) is 15.6. The molecule has 57 heavy (non-hydrogen) atoms. The van der Waals surface area contributed by atoms with Crippen LogP contribution in [0.1, 0.15) is 0 Å². The first-order valence-corrected chi connectivity index (χ1v) is 19.2. The summed E-state index contributed by atoms with van der Waals surface area (Å²) < 4.78 is 6.70. The fourth-order valence-electron chi connectivity index (χ4n) is 8.14. The van der Waals surface area contributed by atoms with Crippen LogP contribution in [0, 0.1) is 0 Å². The van der Waals surface area contributed by atoms with Crippen LogP contribution in [0.3, 0.4) is 0 Å². The van der Waals surface area contributed by atoms with Gasteiger partial charge in [0.15, 0.2) is 17.5 Å². The SMILES string of the molecule is c1ccc(-c2cccc(-c3nc(-c4ccc5ccccc5c4)nc(-c4cc(-c5cccc6oc7c(-c8ccccc8)cccc7c56)c5ccccc5c4)n3)c2)cc1. The van der Waals surface area contributed by atoms with E-state index < -0.39 is 0 Å². The summed E-state index contributed by atoms with van der Waals surface area (Å²) in [5.74, 6) is 1.85. The van der Waals surface area contributed by atoms with Crippen LogP contribution >= 0.6 is 0 Å². The van der Waals surface area contributed by atoms with Gasteiger partial charge in [-0.3, -0.25) is 0 Å². The van der Waals surface area contributed by atoms with E-state index in [9.17, 15) is 0 Å². The Morgan fingerprint density at radius 1 is 0.298 bits per heavy atom. The van der Waals surface area contributed by atoms with Gasteiger partial charge < -0.3 is 4.42 Å². The van der Waals surface area contributed by atoms with Gasteiger partial charge in [-0.05, 0) is 79.7 Å². The van der Waals surface area contributed by atoms with Crippen molar-refractivity contribution in [2.45, 2.75) is 0 Å². The molecule has 0 saturated carbocycles. The molecule has 0 spiro atoms. The Morgan fingerprint density at radius 2 is 0.860 bits per heavy atom. The number of furan rings is 1. The number of hydrogen-bond donors (Lipinski definition) is 0. The molecule has 9 aromatic carbocycles. The van der Waals surface area contributed by atoms with Gasteiger partial charge >= 0.3 is 0 Å². The summed E-state index contributed by atoms with van der Waals surface area (Å²) in [5, 5.41) is 6.70. The fourth-order valence-corrected chi connectivity index (χ4v) is 8.14. The molecule has 0 aliphatic rings. The highest BCUT2D eigenvalue weighted by molar-refractivity contribution is 6.18. The monoisotopic (exact) mass is 727 g/mol. The lowest BCUT2D eigenvalue weighted by atomic mass is 9.92. The zero-order valence-electron chi connectivity index (χ0n) is 30.8. The molecule has 0 unspecified atom stereocenters. The van der Waals surface area contributed by atoms with Crippen molar-refractivity contribution in [1.82, 2.24) is 15.0 Å². The Hall–Kier alpha value is -7.69. The zero-order chi connectivity index (χ0) is 37.7. The number of benzene rings is 9. The van der Waals surface area contributed by atoms with Crippen LogP contribution in [0.15, 0.2) is 205 Å². The molecule has 11 aromatic rings. The second-order valence-electron chi connectivity index (χ2n) is 14.4. The van der Waals surface area contributed by atoms with Crippen molar-refractivity contribution in [2.75, 3.05) is 0 Å². The van der Waals surface area contributed by atoms with Crippen molar-refractivity contribution in [3.8, 4) is 67.5 Å². The summed E-state index contributed by atoms with van der Waals surface area (Å²) in [6, 6.07) is 69.9. The van der Waals surface area contributed by atoms with Crippen molar-refractivity contribution >= 4 is 43.5 Å². The predicted molar refractivity (Wildman–Crippen MR) is 235 cm³/mol. The van der Waals surface area contributed by atoms with Gasteiger partial charge in [-0.15, -0.1) is 0 Å². The second-order valence-corrected chi connectivity index (χ2v) is 14.4. The highest BCUT2D eigenvalue weighted by atomic mass is 16.3. The summed E-state index contributed by atoms with van der Waals surface area (Å²) in [7, 11) is 0. The van der Waals surface area contributed by atoms with Crippen molar-refractivity contribution < 1.29 is 4.42 Å². The fraction of sp³-hybridized carbons (Fsp3) is 0. The Balaban J connectivity index is 1.14. The van der Waals surface area contributed by atoms with Crippen LogP contribution in [0.4, 0.5) is 0 Å². The van der Waals surface area contributed by atoms with Gasteiger partial charge in [-0.25, -0.2) is 15.0 Å². The number of fused-ring (bicyclic) bond motifs is 5. The van der Waals surface area contributed by atoms with E-state index in [2.05, 4.69) is 188 Å². The molecule has 266 valence electrons. The van der Waals surface area contributed by atoms with E-state index >= 15 is 0 Å². The normalized spacial score (nSPS) is 11.5. The van der Waals surface area contributed by atoms with Gasteiger partial charge in [0.05, 0.1) is 0 Å². The molecule has 0 radical (unpaired) electrons. The topological polar surface area (TPSA) is 51.8 Å². The first-order chi connectivity index (χ1) is 28.2. The highest BCUT2D eigenvalue weighted by Crippen LogP contribution is 2.43. The molecular weight excluding hydrogens is 695 g/mol. The maximum Gasteiger partial charge on any atom is 0.164 e. The predicted octanol–water partition coefficient (Wildman–Crippen LogP) is 14.1. The first kappa shape index (κ1) is 32.7. The average molecular weight is 728 g/mol. The largest absolute Gasteiger partial charge is 0.455 e. The smallest absolute Gasteiger partial charge is 0.164 e. The van der Waals surface area contributed by atoms with Gasteiger partial charge in [0, 0.05) is 33.0 Å². The molecule has 0 amide bonds. The number of rotatable bonds is 6. The minimum absolute atomic E-state index is 0.607. The van der Waals surface area contributed by atoms with Crippen molar-refractivity contribution in [3.05, 3.63) is 200 Å². The summed E-state index contributed by atoms with van der Waals surface area (Å²) in [5.41, 5.74) is 11.1. The lowest BCUT2D eigenvalue weighted by Gasteiger charge is -2.13. The van der Waals surface area contributed by atoms with Crippen LogP contribution in [0.25, 0.3) is 111 Å². The summed E-state index contributed by atoms with van der Waals surface area (Å²) in [6.07, 6.45) is 0. The van der Waals surface area contributed by atoms with E-state index in [0.717, 1.165) is 88.2 Å². The Bertz CT molecular complexity index is 3300. The van der Waals surface area contributed by atoms with Crippen molar-refractivity contribution in [1.29, 1.82) is 0 Å². The Labute approximate surface area is 329 Å². The lowest BCUT2D eigenvalue weighted by Crippen LogP contribution is -2.01. The third-order valence-corrected chi connectivity index (χ3v) is 10.9. The zero-order valence-corrected chi connectivity index (χ0v) is 30.8. The second kappa shape index (κ2) is 13.6. The number of aromatic nitrogens is 3. The first-order valence-electron chi connectivity index (χ1n) is 19.2. The molecule has 0 fully saturated rings. The Morgan fingerprint density at radius 3 is 1.67 bits per heavy atom. The molecule has 0 aliphatic carbocycles. The molecule has 11 rings (SSSR count). The van der Waals surface area contributed by atoms with E-state index in [1.54, 1.807) is 0 Å². The third kappa shape index (κ3) is 5.83. The van der Waals surface area contributed by atoms with Gasteiger partial charge in [0.1, 0.15) is 11.2 Å². The summed E-state index contributed by atoms with van der Waals surface area (Å²) in [6.45, 7) is 0. The van der Waals surface area contributed by atoms with Crippen LogP contribution in [0.2, 0.25) is 0 Å². The number of para-hydroxylation sites is 1. The molecule has 4 nitrogen and oxygen atoms in total. The molecule has 4 heteroatoms. The van der Waals surface area contributed by atoms with Gasteiger partial charge in [-0.2, -0.15) is 0 Å². The van der Waals surface area contributed by atoms with Crippen LogP contribution in [0.5, 0.6) is 0 Å². The van der Waals surface area contributed by atoms with Gasteiger partial charge in [0.25, 0.3) is 0 Å². The van der Waals surface area contributed by atoms with Crippen molar-refractivity contribution in [3.63, 3.8) is 0 Å². The Kier molecular flexibility index (Phi) is 7.78. The van der Waals surface area contributed by atoms with E-state index in [1.165, 1.54) is 5.39 Å². The molecule has 2 aromatic heterocycles. The standard InChI is InChI=1S/C53H33N3O/c1-3-14-34(15-4-1)38-21-11-22-40(30-38)51-54-52(41-29-28-35-16-7-8-19-37(35)31-41)56-53(55-51)42-32-39-20-9-10-23-43(39)47(33-42)45-25-13-27-48-49(45)46-26-12-24-44(50(46)57-48)36-17-5-2-6-18-36/h1-33H. The molecule has 0 N–H and O–H groups in total. The van der Waals surface area contributed by atoms with Crippen molar-refractivity contribution in [2.24, 2.45) is 0 Å². The van der Waals surface area contributed by atoms with Gasteiger partial charge in [0.2, 0.25) is 0 Å². The third-order valence-electron chi connectivity index (χ3n) is 10.9. The minimum atomic E-state index is 0.607. The van der Waals surface area contributed by atoms with E-state index in [1.807, 2.05) is 12.1 Å². The average Bonchev–Trinajstić information content (AvgIpc) is 3.68. The molecule has 0 aliphatic heterocycles. The molecule has 0 saturated heterocycles. The van der Waals surface area contributed by atoms with Gasteiger partial charge in [-0.1, -0.05) is 170 Å². The molecule has 2 heterocycles. The molecule has 0 atom stereocenters. The number of hydrogen-bond acceptors (Lipinski definition) is 4. The number of nitrogens with zero attached hydrogens (tertiary/aromatic N) is 3. The molecule has 0 bridgehead atoms. The summed E-state index contributed by atoms with van der Waals surface area (Å²) >= 11 is 0. The maximum absolute atomic E-state index is 6.70.